The summed E-state index contributed by atoms with van der Waals surface area (Å²) in [6, 6.07) is 13.7. The summed E-state index contributed by atoms with van der Waals surface area (Å²) in [6.45, 7) is 2.09. The normalized spacial score (nSPS) is 14.6. The molecular weight excluding hydrogens is 324 g/mol. The van der Waals surface area contributed by atoms with Gasteiger partial charge in [0, 0.05) is 36.3 Å². The number of benzene rings is 2. The molecule has 3 rings (SSSR count). The third-order valence-corrected chi connectivity index (χ3v) is 5.25. The predicted molar refractivity (Wildman–Crippen MR) is 95.4 cm³/mol. The largest absolute Gasteiger partial charge is 0.371 e. The molecule has 1 N–H and O–H groups in total. The number of carbonyl (C=O) groups is 1. The molecule has 1 saturated heterocycles. The summed E-state index contributed by atoms with van der Waals surface area (Å²) in [5.41, 5.74) is 2.27. The molecule has 2 aromatic carbocycles. The molecule has 1 fully saturated rings. The lowest BCUT2D eigenvalue weighted by atomic mass is 10.2. The van der Waals surface area contributed by atoms with Crippen molar-refractivity contribution in [3.05, 3.63) is 54.1 Å². The highest BCUT2D eigenvalue weighted by Crippen LogP contribution is 2.23. The van der Waals surface area contributed by atoms with Crippen molar-refractivity contribution in [3.8, 4) is 0 Å². The smallest absolute Gasteiger partial charge is 0.255 e. The molecule has 0 spiro atoms. The van der Waals surface area contributed by atoms with E-state index in [0.717, 1.165) is 30.7 Å². The van der Waals surface area contributed by atoms with Crippen molar-refractivity contribution in [3.63, 3.8) is 0 Å². The molecule has 24 heavy (non-hydrogen) atoms. The van der Waals surface area contributed by atoms with Gasteiger partial charge >= 0.3 is 0 Å². The number of sulfone groups is 1. The minimum absolute atomic E-state index is 0.204. The molecule has 1 amide bonds. The lowest BCUT2D eigenvalue weighted by Gasteiger charge is -2.18. The van der Waals surface area contributed by atoms with Crippen LogP contribution >= 0.6 is 0 Å². The van der Waals surface area contributed by atoms with Gasteiger partial charge in [0.1, 0.15) is 0 Å². The van der Waals surface area contributed by atoms with Crippen LogP contribution in [0.5, 0.6) is 0 Å². The molecule has 0 saturated carbocycles. The number of rotatable bonds is 4. The van der Waals surface area contributed by atoms with Gasteiger partial charge in [-0.1, -0.05) is 6.07 Å². The Labute approximate surface area is 142 Å². The minimum atomic E-state index is -3.26. The third-order valence-electron chi connectivity index (χ3n) is 4.12. The van der Waals surface area contributed by atoms with E-state index in [4.69, 9.17) is 0 Å². The maximum absolute atomic E-state index is 12.3. The monoisotopic (exact) mass is 344 g/mol. The van der Waals surface area contributed by atoms with E-state index in [9.17, 15) is 13.2 Å². The first-order valence-corrected chi connectivity index (χ1v) is 9.79. The molecule has 1 aliphatic heterocycles. The van der Waals surface area contributed by atoms with Crippen molar-refractivity contribution < 1.29 is 13.2 Å². The fourth-order valence-electron chi connectivity index (χ4n) is 2.81. The summed E-state index contributed by atoms with van der Waals surface area (Å²) in [4.78, 5) is 14.8. The van der Waals surface area contributed by atoms with Gasteiger partial charge < -0.3 is 10.2 Å². The first-order chi connectivity index (χ1) is 11.4. The van der Waals surface area contributed by atoms with Crippen LogP contribution in [0.2, 0.25) is 0 Å². The van der Waals surface area contributed by atoms with E-state index in [1.165, 1.54) is 37.1 Å². The summed E-state index contributed by atoms with van der Waals surface area (Å²) in [6.07, 6.45) is 3.54. The summed E-state index contributed by atoms with van der Waals surface area (Å²) < 4.78 is 22.9. The lowest BCUT2D eigenvalue weighted by molar-refractivity contribution is 0.102. The van der Waals surface area contributed by atoms with Crippen LogP contribution in [0.4, 0.5) is 11.4 Å². The fraction of sp³-hybridized carbons (Fsp3) is 0.278. The Hall–Kier alpha value is -2.34. The Morgan fingerprint density at radius 2 is 1.71 bits per heavy atom. The average molecular weight is 344 g/mol. The topological polar surface area (TPSA) is 66.5 Å². The van der Waals surface area contributed by atoms with Crippen molar-refractivity contribution in [2.75, 3.05) is 29.6 Å². The number of amides is 1. The zero-order chi connectivity index (χ0) is 17.2. The van der Waals surface area contributed by atoms with Gasteiger partial charge in [-0.2, -0.15) is 0 Å². The van der Waals surface area contributed by atoms with Crippen LogP contribution in [0.15, 0.2) is 53.4 Å². The Morgan fingerprint density at radius 3 is 2.33 bits per heavy atom. The summed E-state index contributed by atoms with van der Waals surface area (Å²) in [7, 11) is -3.26. The molecule has 0 atom stereocenters. The van der Waals surface area contributed by atoms with E-state index in [0.29, 0.717) is 5.56 Å². The van der Waals surface area contributed by atoms with E-state index in [1.807, 2.05) is 24.3 Å². The molecule has 6 heteroatoms. The first kappa shape index (κ1) is 16.5. The summed E-state index contributed by atoms with van der Waals surface area (Å²) in [5, 5.41) is 2.87. The van der Waals surface area contributed by atoms with E-state index < -0.39 is 9.84 Å². The van der Waals surface area contributed by atoms with Crippen molar-refractivity contribution in [1.29, 1.82) is 0 Å². The minimum Gasteiger partial charge on any atom is -0.371 e. The van der Waals surface area contributed by atoms with E-state index in [-0.39, 0.29) is 10.8 Å². The highest BCUT2D eigenvalue weighted by Gasteiger charge is 2.14. The zero-order valence-corrected chi connectivity index (χ0v) is 14.3. The zero-order valence-electron chi connectivity index (χ0n) is 13.5. The number of hydrogen-bond acceptors (Lipinski definition) is 4. The number of nitrogens with one attached hydrogen (secondary N) is 1. The molecular formula is C18H20N2O3S. The quantitative estimate of drug-likeness (QED) is 0.926. The Kier molecular flexibility index (Phi) is 4.57. The van der Waals surface area contributed by atoms with Crippen molar-refractivity contribution >= 4 is 27.1 Å². The molecule has 5 nitrogen and oxygen atoms in total. The molecule has 0 aliphatic carbocycles. The van der Waals surface area contributed by atoms with Gasteiger partial charge in [-0.3, -0.25) is 4.79 Å². The second-order valence-corrected chi connectivity index (χ2v) is 8.01. The van der Waals surface area contributed by atoms with Gasteiger partial charge in [0.15, 0.2) is 9.84 Å². The predicted octanol–water partition coefficient (Wildman–Crippen LogP) is 2.94. The molecule has 0 aromatic heterocycles. The summed E-state index contributed by atoms with van der Waals surface area (Å²) in [5.74, 6) is -0.256. The van der Waals surface area contributed by atoms with Gasteiger partial charge in [-0.25, -0.2) is 8.42 Å². The van der Waals surface area contributed by atoms with Gasteiger partial charge in [0.05, 0.1) is 4.90 Å². The van der Waals surface area contributed by atoms with Crippen molar-refractivity contribution in [2.45, 2.75) is 17.7 Å². The van der Waals surface area contributed by atoms with Crippen LogP contribution in [0.1, 0.15) is 23.2 Å². The maximum Gasteiger partial charge on any atom is 0.255 e. The van der Waals surface area contributed by atoms with Crippen LogP contribution in [-0.2, 0) is 9.84 Å². The second-order valence-electron chi connectivity index (χ2n) is 6.00. The summed E-state index contributed by atoms with van der Waals surface area (Å²) >= 11 is 0. The van der Waals surface area contributed by atoms with Crippen LogP contribution in [0, 0.1) is 0 Å². The Morgan fingerprint density at radius 1 is 1.04 bits per heavy atom. The number of hydrogen-bond donors (Lipinski definition) is 1. The second kappa shape index (κ2) is 6.65. The van der Waals surface area contributed by atoms with Crippen LogP contribution in [0.3, 0.4) is 0 Å². The molecule has 0 unspecified atom stereocenters. The Balaban J connectivity index is 1.73. The SMILES string of the molecule is CS(=O)(=O)c1ccc(C(=O)Nc2cccc(N3CCCC3)c2)cc1. The Bertz CT molecular complexity index is 839. The molecule has 0 radical (unpaired) electrons. The highest BCUT2D eigenvalue weighted by molar-refractivity contribution is 7.90. The van der Waals surface area contributed by atoms with Gasteiger partial charge in [-0.15, -0.1) is 0 Å². The van der Waals surface area contributed by atoms with Crippen LogP contribution < -0.4 is 10.2 Å². The fourth-order valence-corrected chi connectivity index (χ4v) is 3.44. The highest BCUT2D eigenvalue weighted by atomic mass is 32.2. The third kappa shape index (κ3) is 3.76. The molecule has 126 valence electrons. The van der Waals surface area contributed by atoms with Gasteiger partial charge in [0.25, 0.3) is 5.91 Å². The first-order valence-electron chi connectivity index (χ1n) is 7.90. The van der Waals surface area contributed by atoms with E-state index >= 15 is 0 Å². The van der Waals surface area contributed by atoms with Crippen LogP contribution in [-0.4, -0.2) is 33.7 Å². The average Bonchev–Trinajstić information content (AvgIpc) is 3.09. The van der Waals surface area contributed by atoms with Gasteiger partial charge in [-0.05, 0) is 55.3 Å². The van der Waals surface area contributed by atoms with E-state index in [2.05, 4.69) is 10.2 Å². The van der Waals surface area contributed by atoms with Gasteiger partial charge in [0.2, 0.25) is 0 Å². The number of anilines is 2. The lowest BCUT2D eigenvalue weighted by Crippen LogP contribution is -2.18. The van der Waals surface area contributed by atoms with Crippen molar-refractivity contribution in [1.82, 2.24) is 0 Å². The molecule has 0 bridgehead atoms. The number of carbonyl (C=O) groups excluding carboxylic acids is 1. The molecule has 1 aliphatic rings. The number of nitrogens with zero attached hydrogens (tertiary/aromatic N) is 1. The van der Waals surface area contributed by atoms with Crippen molar-refractivity contribution in [2.24, 2.45) is 0 Å². The molecule has 1 heterocycles. The standard InChI is InChI=1S/C18H20N2O3S/c1-24(22,23)17-9-7-14(8-10-17)18(21)19-15-5-4-6-16(13-15)20-11-2-3-12-20/h4-10,13H,2-3,11-12H2,1H3,(H,19,21). The molecule has 2 aromatic rings. The van der Waals surface area contributed by atoms with Crippen LogP contribution in [0.25, 0.3) is 0 Å². The maximum atomic E-state index is 12.3. The van der Waals surface area contributed by atoms with E-state index in [1.54, 1.807) is 0 Å².